The van der Waals surface area contributed by atoms with Crippen LogP contribution in [-0.2, 0) is 6.42 Å². The fourth-order valence-corrected chi connectivity index (χ4v) is 2.70. The highest BCUT2D eigenvalue weighted by molar-refractivity contribution is 14.0. The van der Waals surface area contributed by atoms with Crippen molar-refractivity contribution in [1.82, 2.24) is 4.90 Å². The summed E-state index contributed by atoms with van der Waals surface area (Å²) in [5.74, 6) is 1.41. The Morgan fingerprint density at radius 3 is 3.00 bits per heavy atom. The van der Waals surface area contributed by atoms with E-state index in [1.165, 1.54) is 18.4 Å². The number of piperidine rings is 1. The van der Waals surface area contributed by atoms with Crippen LogP contribution in [0.25, 0.3) is 0 Å². The average molecular weight is 408 g/mol. The van der Waals surface area contributed by atoms with E-state index in [1.807, 2.05) is 18.2 Å². The van der Waals surface area contributed by atoms with Gasteiger partial charge in [0.25, 0.3) is 0 Å². The Balaban J connectivity index is 0.00000200. The maximum atomic E-state index is 6.05. The lowest BCUT2D eigenvalue weighted by Gasteiger charge is -2.31. The van der Waals surface area contributed by atoms with Gasteiger partial charge in [0.1, 0.15) is 0 Å². The highest BCUT2D eigenvalue weighted by Crippen LogP contribution is 2.15. The maximum Gasteiger partial charge on any atom is 0.191 e. The molecule has 0 radical (unpaired) electrons. The number of benzene rings is 1. The first kappa shape index (κ1) is 17.6. The zero-order valence-electron chi connectivity index (χ0n) is 11.9. The van der Waals surface area contributed by atoms with E-state index in [2.05, 4.69) is 22.9 Å². The molecule has 1 aromatic carbocycles. The van der Waals surface area contributed by atoms with E-state index in [0.717, 1.165) is 37.0 Å². The van der Waals surface area contributed by atoms with Crippen LogP contribution in [0.3, 0.4) is 0 Å². The first-order chi connectivity index (χ1) is 9.15. The van der Waals surface area contributed by atoms with Crippen molar-refractivity contribution in [2.24, 2.45) is 16.6 Å². The molecule has 1 atom stereocenters. The highest BCUT2D eigenvalue weighted by atomic mass is 127. The van der Waals surface area contributed by atoms with Crippen LogP contribution in [0.15, 0.2) is 29.3 Å². The number of aliphatic imine (C=N–C) groups is 1. The normalized spacial score (nSPS) is 19.6. The minimum Gasteiger partial charge on any atom is -0.370 e. The van der Waals surface area contributed by atoms with E-state index in [4.69, 9.17) is 17.3 Å². The summed E-state index contributed by atoms with van der Waals surface area (Å²) in [7, 11) is 0. The quantitative estimate of drug-likeness (QED) is 0.473. The van der Waals surface area contributed by atoms with Gasteiger partial charge in [0.15, 0.2) is 5.96 Å². The Morgan fingerprint density at radius 2 is 2.30 bits per heavy atom. The van der Waals surface area contributed by atoms with Crippen molar-refractivity contribution in [3.05, 3.63) is 34.9 Å². The Hall–Kier alpha value is -0.490. The second kappa shape index (κ2) is 8.72. The summed E-state index contributed by atoms with van der Waals surface area (Å²) in [6, 6.07) is 7.91. The summed E-state index contributed by atoms with van der Waals surface area (Å²) < 4.78 is 0. The fourth-order valence-electron chi connectivity index (χ4n) is 2.49. The third-order valence-electron chi connectivity index (χ3n) is 3.54. The monoisotopic (exact) mass is 407 g/mol. The van der Waals surface area contributed by atoms with E-state index in [-0.39, 0.29) is 24.0 Å². The van der Waals surface area contributed by atoms with Gasteiger partial charge in [0.05, 0.1) is 0 Å². The molecule has 112 valence electrons. The lowest BCUT2D eigenvalue weighted by atomic mass is 10.0. The van der Waals surface area contributed by atoms with Gasteiger partial charge in [-0.15, -0.1) is 24.0 Å². The molecule has 3 nitrogen and oxygen atoms in total. The Bertz CT molecular complexity index is 450. The smallest absolute Gasteiger partial charge is 0.191 e. The van der Waals surface area contributed by atoms with Crippen LogP contribution in [0, 0.1) is 5.92 Å². The van der Waals surface area contributed by atoms with Crippen molar-refractivity contribution < 1.29 is 0 Å². The zero-order chi connectivity index (χ0) is 13.7. The highest BCUT2D eigenvalue weighted by Gasteiger charge is 2.17. The van der Waals surface area contributed by atoms with Crippen LogP contribution in [0.5, 0.6) is 0 Å². The molecule has 0 amide bonds. The molecule has 5 heteroatoms. The molecule has 1 aliphatic heterocycles. The molecule has 0 bridgehead atoms. The summed E-state index contributed by atoms with van der Waals surface area (Å²) >= 11 is 5.96. The average Bonchev–Trinajstić information content (AvgIpc) is 2.38. The second-order valence-corrected chi connectivity index (χ2v) is 5.75. The van der Waals surface area contributed by atoms with Gasteiger partial charge < -0.3 is 10.6 Å². The third-order valence-corrected chi connectivity index (χ3v) is 3.78. The minimum atomic E-state index is 0. The molecule has 0 spiro atoms. The molecule has 0 aromatic heterocycles. The number of nitrogens with zero attached hydrogens (tertiary/aromatic N) is 2. The second-order valence-electron chi connectivity index (χ2n) is 5.31. The predicted octanol–water partition coefficient (Wildman–Crippen LogP) is 3.55. The van der Waals surface area contributed by atoms with Crippen molar-refractivity contribution in [3.63, 3.8) is 0 Å². The van der Waals surface area contributed by atoms with E-state index in [1.54, 1.807) is 0 Å². The van der Waals surface area contributed by atoms with Gasteiger partial charge >= 0.3 is 0 Å². The molecular formula is C15H23ClIN3. The first-order valence-corrected chi connectivity index (χ1v) is 7.32. The fraction of sp³-hybridized carbons (Fsp3) is 0.533. The summed E-state index contributed by atoms with van der Waals surface area (Å²) in [6.45, 7) is 5.06. The van der Waals surface area contributed by atoms with Crippen LogP contribution in [0.1, 0.15) is 25.3 Å². The molecule has 2 N–H and O–H groups in total. The molecule has 1 unspecified atom stereocenters. The molecular weight excluding hydrogens is 385 g/mol. The predicted molar refractivity (Wildman–Crippen MR) is 97.0 cm³/mol. The van der Waals surface area contributed by atoms with Gasteiger partial charge in [-0.3, -0.25) is 4.99 Å². The summed E-state index contributed by atoms with van der Waals surface area (Å²) in [6.07, 6.45) is 3.39. The van der Waals surface area contributed by atoms with Gasteiger partial charge in [-0.1, -0.05) is 30.7 Å². The number of likely N-dealkylation sites (tertiary alicyclic amines) is 1. The summed E-state index contributed by atoms with van der Waals surface area (Å²) in [4.78, 5) is 6.69. The molecule has 2 rings (SSSR count). The summed E-state index contributed by atoms with van der Waals surface area (Å²) in [5.41, 5.74) is 7.26. The molecule has 0 aliphatic carbocycles. The summed E-state index contributed by atoms with van der Waals surface area (Å²) in [5, 5.41) is 0.777. The van der Waals surface area contributed by atoms with E-state index in [9.17, 15) is 0 Å². The first-order valence-electron chi connectivity index (χ1n) is 6.94. The van der Waals surface area contributed by atoms with Crippen molar-refractivity contribution in [1.29, 1.82) is 0 Å². The van der Waals surface area contributed by atoms with Gasteiger partial charge in [-0.2, -0.15) is 0 Å². The molecule has 1 heterocycles. The van der Waals surface area contributed by atoms with Gasteiger partial charge in [-0.05, 0) is 42.9 Å². The van der Waals surface area contributed by atoms with Gasteiger partial charge in [-0.25, -0.2) is 0 Å². The third kappa shape index (κ3) is 5.48. The number of halogens is 2. The minimum absolute atomic E-state index is 0. The van der Waals surface area contributed by atoms with Gasteiger partial charge in [0.2, 0.25) is 0 Å². The number of rotatable bonds is 3. The van der Waals surface area contributed by atoms with Crippen LogP contribution in [-0.4, -0.2) is 30.5 Å². The van der Waals surface area contributed by atoms with Crippen LogP contribution in [0.2, 0.25) is 5.02 Å². The Morgan fingerprint density at radius 1 is 1.50 bits per heavy atom. The van der Waals surface area contributed by atoms with Gasteiger partial charge in [0, 0.05) is 24.7 Å². The molecule has 20 heavy (non-hydrogen) atoms. The molecule has 1 aliphatic rings. The van der Waals surface area contributed by atoms with Crippen LogP contribution in [0.4, 0.5) is 0 Å². The van der Waals surface area contributed by atoms with Crippen molar-refractivity contribution >= 4 is 41.5 Å². The Labute approximate surface area is 143 Å². The van der Waals surface area contributed by atoms with E-state index < -0.39 is 0 Å². The van der Waals surface area contributed by atoms with Crippen LogP contribution >= 0.6 is 35.6 Å². The maximum absolute atomic E-state index is 6.05. The largest absolute Gasteiger partial charge is 0.370 e. The topological polar surface area (TPSA) is 41.6 Å². The van der Waals surface area contributed by atoms with E-state index >= 15 is 0 Å². The number of hydrogen-bond acceptors (Lipinski definition) is 1. The van der Waals surface area contributed by atoms with Crippen molar-refractivity contribution in [2.75, 3.05) is 19.6 Å². The molecule has 0 saturated carbocycles. The number of nitrogens with two attached hydrogens (primary N) is 1. The standard InChI is InChI=1S/C15H22ClN3.HI/c1-12-4-3-9-19(11-12)15(17)18-8-7-13-5-2-6-14(16)10-13;/h2,5-6,10,12H,3-4,7-9,11H2,1H3,(H2,17,18);1H. The van der Waals surface area contributed by atoms with Crippen molar-refractivity contribution in [2.45, 2.75) is 26.2 Å². The Kier molecular flexibility index (Phi) is 7.66. The number of hydrogen-bond donors (Lipinski definition) is 1. The lowest BCUT2D eigenvalue weighted by molar-refractivity contribution is 0.270. The van der Waals surface area contributed by atoms with Crippen molar-refractivity contribution in [3.8, 4) is 0 Å². The zero-order valence-corrected chi connectivity index (χ0v) is 15.0. The van der Waals surface area contributed by atoms with E-state index in [0.29, 0.717) is 5.96 Å². The molecule has 1 fully saturated rings. The lowest BCUT2D eigenvalue weighted by Crippen LogP contribution is -2.43. The molecule has 1 saturated heterocycles. The number of guanidine groups is 1. The molecule has 1 aromatic rings. The van der Waals surface area contributed by atoms with Crippen LogP contribution < -0.4 is 5.73 Å². The SMILES string of the molecule is CC1CCCN(C(N)=NCCc2cccc(Cl)c2)C1.I.